The number of hydrogen-bond acceptors (Lipinski definition) is 2. The molecule has 2 aliphatic carbocycles. The Hall–Kier alpha value is -7.42. The van der Waals surface area contributed by atoms with Crippen LogP contribution in [-0.2, 0) is 0 Å². The molecule has 0 aliphatic heterocycles. The van der Waals surface area contributed by atoms with Crippen LogP contribution in [0.15, 0.2) is 179 Å². The van der Waals surface area contributed by atoms with E-state index < -0.39 is 0 Å². The SMILES string of the molecule is c1cc2c3c(cccc3c1)-c1cc3c(cc1-2)c(-c1cccc2occc12)cc1c2cc4c(c(-c5cccc6occc56)c2ccc31)-c1cccc2cccc-4c12. The molecule has 0 radical (unpaired) electrons. The van der Waals surface area contributed by atoms with Crippen LogP contribution in [0.4, 0.5) is 0 Å². The van der Waals surface area contributed by atoms with Gasteiger partial charge in [-0.05, 0) is 169 Å². The first-order valence-corrected chi connectivity index (χ1v) is 19.3. The molecule has 14 rings (SSSR count). The number of hydrogen-bond donors (Lipinski definition) is 0. The fraction of sp³-hybridized carbons (Fsp3) is 0. The Morgan fingerprint density at radius 1 is 0.250 bits per heavy atom. The summed E-state index contributed by atoms with van der Waals surface area (Å²) in [4.78, 5) is 0. The van der Waals surface area contributed by atoms with E-state index in [1.165, 1.54) is 121 Å². The van der Waals surface area contributed by atoms with Crippen molar-refractivity contribution in [2.45, 2.75) is 0 Å². The topological polar surface area (TPSA) is 26.3 Å². The molecule has 0 bridgehead atoms. The summed E-state index contributed by atoms with van der Waals surface area (Å²) in [5, 5.41) is 14.9. The van der Waals surface area contributed by atoms with Gasteiger partial charge in [0, 0.05) is 10.8 Å². The first-order chi connectivity index (χ1) is 27.8. The quantitative estimate of drug-likeness (QED) is 0.167. The van der Waals surface area contributed by atoms with E-state index in [0.717, 1.165) is 21.9 Å². The smallest absolute Gasteiger partial charge is 0.134 e. The zero-order valence-corrected chi connectivity index (χ0v) is 30.0. The lowest BCUT2D eigenvalue weighted by atomic mass is 9.83. The Morgan fingerprint density at radius 2 is 0.714 bits per heavy atom. The molecular formula is C54H28O2. The van der Waals surface area contributed by atoms with E-state index in [9.17, 15) is 0 Å². The molecular weight excluding hydrogens is 681 g/mol. The number of fused-ring (bicyclic) bond motifs is 13. The monoisotopic (exact) mass is 708 g/mol. The van der Waals surface area contributed by atoms with Gasteiger partial charge in [0.05, 0.1) is 12.5 Å². The van der Waals surface area contributed by atoms with Crippen LogP contribution < -0.4 is 0 Å². The third-order valence-corrected chi connectivity index (χ3v) is 12.9. The molecule has 56 heavy (non-hydrogen) atoms. The van der Waals surface area contributed by atoms with Crippen molar-refractivity contribution in [1.29, 1.82) is 0 Å². The van der Waals surface area contributed by atoms with Crippen molar-refractivity contribution in [2.75, 3.05) is 0 Å². The van der Waals surface area contributed by atoms with Gasteiger partial charge < -0.3 is 8.83 Å². The lowest BCUT2D eigenvalue weighted by molar-refractivity contribution is 0.615. The van der Waals surface area contributed by atoms with E-state index in [1.807, 2.05) is 12.5 Å². The Balaban J connectivity index is 1.19. The molecule has 2 heteroatoms. The van der Waals surface area contributed by atoms with E-state index in [4.69, 9.17) is 8.83 Å². The Kier molecular flexibility index (Phi) is 5.28. The van der Waals surface area contributed by atoms with E-state index in [2.05, 4.69) is 158 Å². The average Bonchev–Trinajstić information content (AvgIpc) is 4.05. The molecule has 0 atom stereocenters. The molecule has 0 fully saturated rings. The van der Waals surface area contributed by atoms with Gasteiger partial charge in [0.15, 0.2) is 0 Å². The highest BCUT2D eigenvalue weighted by Crippen LogP contribution is 2.56. The Labute approximate surface area is 320 Å². The molecule has 256 valence electrons. The predicted octanol–water partition coefficient (Wildman–Crippen LogP) is 15.6. The van der Waals surface area contributed by atoms with Crippen LogP contribution in [-0.4, -0.2) is 0 Å². The average molecular weight is 709 g/mol. The van der Waals surface area contributed by atoms with Gasteiger partial charge in [0.25, 0.3) is 0 Å². The standard InChI is InChI=1S/C54H28O2/c1-7-29-8-2-13-37-45-27-47-41(31-11-5-17-49-33(31)21-23-55-49)25-42-32(43(47)26-44(45)36(12-1)51(29)37)19-20-39-46(42)28-48-38-14-3-9-30-10-4-16-40(52(30)38)54(48)53(39)35-15-6-18-50-34(35)22-24-56-50/h1-28H. The minimum Gasteiger partial charge on any atom is -0.464 e. The maximum atomic E-state index is 6.02. The van der Waals surface area contributed by atoms with Crippen molar-refractivity contribution in [2.24, 2.45) is 0 Å². The van der Waals surface area contributed by atoms with Crippen molar-refractivity contribution in [3.05, 3.63) is 170 Å². The normalized spacial score (nSPS) is 12.6. The lowest BCUT2D eigenvalue weighted by Crippen LogP contribution is -1.92. The molecule has 0 unspecified atom stereocenters. The lowest BCUT2D eigenvalue weighted by Gasteiger charge is -2.19. The molecule has 2 aliphatic rings. The maximum absolute atomic E-state index is 6.02. The second-order valence-electron chi connectivity index (χ2n) is 15.5. The van der Waals surface area contributed by atoms with Crippen LogP contribution in [0.2, 0.25) is 0 Å². The Bertz CT molecular complexity index is 3750. The fourth-order valence-corrected chi connectivity index (χ4v) is 10.6. The van der Waals surface area contributed by atoms with Gasteiger partial charge in [-0.25, -0.2) is 0 Å². The van der Waals surface area contributed by atoms with Crippen molar-refractivity contribution < 1.29 is 8.83 Å². The number of benzene rings is 10. The summed E-state index contributed by atoms with van der Waals surface area (Å²) >= 11 is 0. The molecule has 0 spiro atoms. The van der Waals surface area contributed by atoms with Gasteiger partial charge in [-0.15, -0.1) is 0 Å². The van der Waals surface area contributed by atoms with Crippen LogP contribution in [0.1, 0.15) is 0 Å². The molecule has 2 aromatic heterocycles. The summed E-state index contributed by atoms with van der Waals surface area (Å²) in [5.41, 5.74) is 17.0. The fourth-order valence-electron chi connectivity index (χ4n) is 10.6. The van der Waals surface area contributed by atoms with E-state index in [1.54, 1.807) is 0 Å². The summed E-state index contributed by atoms with van der Waals surface area (Å²) in [6, 6.07) is 58.8. The zero-order valence-electron chi connectivity index (χ0n) is 30.0. The van der Waals surface area contributed by atoms with Crippen molar-refractivity contribution >= 4 is 75.8 Å². The molecule has 0 saturated carbocycles. The van der Waals surface area contributed by atoms with Gasteiger partial charge in [0.2, 0.25) is 0 Å². The highest BCUT2D eigenvalue weighted by Gasteiger charge is 2.29. The first-order valence-electron chi connectivity index (χ1n) is 19.3. The van der Waals surface area contributed by atoms with Crippen LogP contribution >= 0.6 is 0 Å². The molecule has 0 amide bonds. The summed E-state index contributed by atoms with van der Waals surface area (Å²) in [6.45, 7) is 0. The largest absolute Gasteiger partial charge is 0.464 e. The van der Waals surface area contributed by atoms with Gasteiger partial charge in [-0.1, -0.05) is 109 Å². The summed E-state index contributed by atoms with van der Waals surface area (Å²) < 4.78 is 12.0. The number of rotatable bonds is 2. The van der Waals surface area contributed by atoms with Crippen molar-refractivity contribution in [3.63, 3.8) is 0 Å². The summed E-state index contributed by atoms with van der Waals surface area (Å²) in [6.07, 6.45) is 3.63. The Morgan fingerprint density at radius 3 is 1.41 bits per heavy atom. The van der Waals surface area contributed by atoms with Gasteiger partial charge in [-0.3, -0.25) is 0 Å². The highest BCUT2D eigenvalue weighted by molar-refractivity contribution is 6.31. The summed E-state index contributed by atoms with van der Waals surface area (Å²) in [5.74, 6) is 0. The molecule has 0 saturated heterocycles. The van der Waals surface area contributed by atoms with Crippen LogP contribution in [0, 0.1) is 0 Å². The molecule has 0 N–H and O–H groups in total. The minimum atomic E-state index is 0.895. The number of furan rings is 2. The second-order valence-corrected chi connectivity index (χ2v) is 15.5. The van der Waals surface area contributed by atoms with Crippen molar-refractivity contribution in [3.8, 4) is 66.8 Å². The predicted molar refractivity (Wildman–Crippen MR) is 233 cm³/mol. The zero-order chi connectivity index (χ0) is 36.2. The van der Waals surface area contributed by atoms with Crippen molar-refractivity contribution in [1.82, 2.24) is 0 Å². The third-order valence-electron chi connectivity index (χ3n) is 12.9. The third kappa shape index (κ3) is 3.53. The van der Waals surface area contributed by atoms with Crippen LogP contribution in [0.3, 0.4) is 0 Å². The molecule has 2 nitrogen and oxygen atoms in total. The van der Waals surface area contributed by atoms with E-state index >= 15 is 0 Å². The van der Waals surface area contributed by atoms with E-state index in [-0.39, 0.29) is 0 Å². The van der Waals surface area contributed by atoms with Crippen LogP contribution in [0.5, 0.6) is 0 Å². The molecule has 2 heterocycles. The first kappa shape index (κ1) is 29.0. The molecule has 12 aromatic rings. The van der Waals surface area contributed by atoms with Gasteiger partial charge in [-0.2, -0.15) is 0 Å². The second kappa shape index (κ2) is 10.2. The molecule has 10 aromatic carbocycles. The van der Waals surface area contributed by atoms with Gasteiger partial charge in [0.1, 0.15) is 11.2 Å². The maximum Gasteiger partial charge on any atom is 0.134 e. The minimum absolute atomic E-state index is 0.895. The highest BCUT2D eigenvalue weighted by atomic mass is 16.3. The van der Waals surface area contributed by atoms with Gasteiger partial charge >= 0.3 is 0 Å². The van der Waals surface area contributed by atoms with E-state index in [0.29, 0.717) is 0 Å². The summed E-state index contributed by atoms with van der Waals surface area (Å²) in [7, 11) is 0. The van der Waals surface area contributed by atoms with Crippen LogP contribution in [0.25, 0.3) is 143 Å².